The van der Waals surface area contributed by atoms with Gasteiger partial charge in [-0.05, 0) is 53.1 Å². The molecular formula is C30H27NO6S2. The van der Waals surface area contributed by atoms with Crippen LogP contribution in [0.3, 0.4) is 0 Å². The summed E-state index contributed by atoms with van der Waals surface area (Å²) in [6.45, 7) is 4.76. The highest BCUT2D eigenvalue weighted by Crippen LogP contribution is 2.35. The second-order valence-electron chi connectivity index (χ2n) is 8.41. The average molecular weight is 562 g/mol. The quantitative estimate of drug-likeness (QED) is 0.114. The van der Waals surface area contributed by atoms with Crippen molar-refractivity contribution >= 4 is 46.6 Å². The number of thiocarbonyl (C=S) groups is 1. The van der Waals surface area contributed by atoms with Gasteiger partial charge in [0, 0.05) is 12.1 Å². The third kappa shape index (κ3) is 6.87. The SMILES string of the molecule is C=CCN1C(=O)/C(=C\c2ccc(OCc3ccc(COc4ccc(C=O)cc4OC)cc3)c(OC)c2)SC1=S. The van der Waals surface area contributed by atoms with Gasteiger partial charge in [0.05, 0.1) is 19.1 Å². The molecule has 0 radical (unpaired) electrons. The molecule has 1 aliphatic heterocycles. The maximum Gasteiger partial charge on any atom is 0.266 e. The molecule has 7 nitrogen and oxygen atoms in total. The van der Waals surface area contributed by atoms with Crippen LogP contribution in [0.1, 0.15) is 27.0 Å². The molecule has 0 saturated carbocycles. The lowest BCUT2D eigenvalue weighted by Crippen LogP contribution is -2.27. The monoisotopic (exact) mass is 561 g/mol. The van der Waals surface area contributed by atoms with Crippen LogP contribution in [0.5, 0.6) is 23.0 Å². The summed E-state index contributed by atoms with van der Waals surface area (Å²) in [6.07, 6.45) is 4.21. The molecule has 4 rings (SSSR count). The molecule has 3 aromatic carbocycles. The van der Waals surface area contributed by atoms with Crippen molar-refractivity contribution in [2.75, 3.05) is 20.8 Å². The van der Waals surface area contributed by atoms with Crippen LogP contribution in [0, 0.1) is 0 Å². The summed E-state index contributed by atoms with van der Waals surface area (Å²) in [7, 11) is 3.11. The lowest BCUT2D eigenvalue weighted by Gasteiger charge is -2.13. The van der Waals surface area contributed by atoms with Crippen molar-refractivity contribution in [2.24, 2.45) is 0 Å². The summed E-state index contributed by atoms with van der Waals surface area (Å²) < 4.78 is 23.2. The number of hydrogen-bond acceptors (Lipinski definition) is 8. The van der Waals surface area contributed by atoms with Gasteiger partial charge in [-0.15, -0.1) is 6.58 Å². The minimum Gasteiger partial charge on any atom is -0.493 e. The fraction of sp³-hybridized carbons (Fsp3) is 0.167. The van der Waals surface area contributed by atoms with Gasteiger partial charge in [-0.3, -0.25) is 14.5 Å². The summed E-state index contributed by atoms with van der Waals surface area (Å²) in [6, 6.07) is 18.4. The van der Waals surface area contributed by atoms with Gasteiger partial charge in [-0.2, -0.15) is 0 Å². The maximum atomic E-state index is 12.6. The zero-order valence-electron chi connectivity index (χ0n) is 21.5. The molecule has 1 amide bonds. The number of methoxy groups -OCH3 is 2. The molecule has 1 aliphatic rings. The number of thioether (sulfide) groups is 1. The van der Waals surface area contributed by atoms with Crippen molar-refractivity contribution in [3.63, 3.8) is 0 Å². The third-order valence-corrected chi connectivity index (χ3v) is 7.18. The lowest BCUT2D eigenvalue weighted by atomic mass is 10.1. The molecule has 0 unspecified atom stereocenters. The first kappa shape index (κ1) is 27.9. The minimum atomic E-state index is -0.131. The number of rotatable bonds is 12. The predicted molar refractivity (Wildman–Crippen MR) is 157 cm³/mol. The summed E-state index contributed by atoms with van der Waals surface area (Å²) in [5.74, 6) is 2.09. The molecule has 39 heavy (non-hydrogen) atoms. The molecule has 0 bridgehead atoms. The van der Waals surface area contributed by atoms with E-state index in [4.69, 9.17) is 31.2 Å². The number of amides is 1. The standard InChI is InChI=1S/C30H27NO6S2/c1-4-13-31-29(33)28(39-30(31)38)16-22-9-11-24(26(14-22)34-2)36-18-20-5-7-21(8-6-20)19-37-25-12-10-23(17-32)15-27(25)35-3/h4-12,14-17H,1,13,18-19H2,2-3H3/b28-16+. The first-order valence-electron chi connectivity index (χ1n) is 12.0. The van der Waals surface area contributed by atoms with Gasteiger partial charge in [0.15, 0.2) is 23.0 Å². The Morgan fingerprint density at radius 3 is 1.90 bits per heavy atom. The largest absolute Gasteiger partial charge is 0.493 e. The van der Waals surface area contributed by atoms with Gasteiger partial charge >= 0.3 is 0 Å². The number of aldehydes is 1. The highest BCUT2D eigenvalue weighted by atomic mass is 32.2. The van der Waals surface area contributed by atoms with Crippen LogP contribution in [-0.4, -0.2) is 42.2 Å². The Labute approximate surface area is 237 Å². The Hall–Kier alpha value is -4.08. The molecule has 1 heterocycles. The highest BCUT2D eigenvalue weighted by Gasteiger charge is 2.31. The van der Waals surface area contributed by atoms with Gasteiger partial charge in [-0.1, -0.05) is 60.4 Å². The van der Waals surface area contributed by atoms with E-state index in [1.165, 1.54) is 23.8 Å². The zero-order valence-corrected chi connectivity index (χ0v) is 23.2. The molecule has 1 fully saturated rings. The van der Waals surface area contributed by atoms with E-state index < -0.39 is 0 Å². The molecule has 0 N–H and O–H groups in total. The number of ether oxygens (including phenoxy) is 4. The number of carbonyl (C=O) groups excluding carboxylic acids is 2. The number of hydrogen-bond donors (Lipinski definition) is 0. The van der Waals surface area contributed by atoms with E-state index in [1.807, 2.05) is 42.5 Å². The Balaban J connectivity index is 1.36. The molecule has 0 atom stereocenters. The van der Waals surface area contributed by atoms with E-state index in [9.17, 15) is 9.59 Å². The van der Waals surface area contributed by atoms with Gasteiger partial charge in [0.1, 0.15) is 23.8 Å². The third-order valence-electron chi connectivity index (χ3n) is 5.81. The Kier molecular flexibility index (Phi) is 9.40. The van der Waals surface area contributed by atoms with E-state index in [0.717, 1.165) is 23.0 Å². The highest BCUT2D eigenvalue weighted by molar-refractivity contribution is 8.26. The van der Waals surface area contributed by atoms with Crippen LogP contribution in [0.25, 0.3) is 6.08 Å². The van der Waals surface area contributed by atoms with Crippen LogP contribution in [0.15, 0.2) is 78.2 Å². The first-order valence-corrected chi connectivity index (χ1v) is 13.2. The van der Waals surface area contributed by atoms with Crippen LogP contribution in [-0.2, 0) is 18.0 Å². The summed E-state index contributed by atoms with van der Waals surface area (Å²) >= 11 is 6.57. The number of carbonyl (C=O) groups is 2. The van der Waals surface area contributed by atoms with Crippen LogP contribution in [0.4, 0.5) is 0 Å². The van der Waals surface area contributed by atoms with Crippen molar-refractivity contribution < 1.29 is 28.5 Å². The fourth-order valence-corrected chi connectivity index (χ4v) is 5.04. The summed E-state index contributed by atoms with van der Waals surface area (Å²) in [5.41, 5.74) is 3.28. The molecule has 3 aromatic rings. The topological polar surface area (TPSA) is 74.3 Å². The molecule has 200 valence electrons. The van der Waals surface area contributed by atoms with Crippen molar-refractivity contribution in [3.05, 3.63) is 100 Å². The number of nitrogens with zero attached hydrogens (tertiary/aromatic N) is 1. The number of benzene rings is 3. The molecule has 9 heteroatoms. The van der Waals surface area contributed by atoms with Crippen LogP contribution >= 0.6 is 24.0 Å². The molecule has 0 aromatic heterocycles. The lowest BCUT2D eigenvalue weighted by molar-refractivity contribution is -0.121. The van der Waals surface area contributed by atoms with Crippen LogP contribution in [0.2, 0.25) is 0 Å². The zero-order chi connectivity index (χ0) is 27.8. The Bertz CT molecular complexity index is 1420. The van der Waals surface area contributed by atoms with E-state index in [-0.39, 0.29) is 5.91 Å². The van der Waals surface area contributed by atoms with Crippen molar-refractivity contribution in [2.45, 2.75) is 13.2 Å². The predicted octanol–water partition coefficient (Wildman–Crippen LogP) is 6.06. The van der Waals surface area contributed by atoms with E-state index in [1.54, 1.807) is 37.5 Å². The Morgan fingerprint density at radius 1 is 0.846 bits per heavy atom. The minimum absolute atomic E-state index is 0.131. The fourth-order valence-electron chi connectivity index (χ4n) is 3.76. The second kappa shape index (κ2) is 13.1. The smallest absolute Gasteiger partial charge is 0.266 e. The van der Waals surface area contributed by atoms with Gasteiger partial charge < -0.3 is 18.9 Å². The van der Waals surface area contributed by atoms with E-state index in [0.29, 0.717) is 57.5 Å². The van der Waals surface area contributed by atoms with Gasteiger partial charge in [-0.25, -0.2) is 0 Å². The van der Waals surface area contributed by atoms with Gasteiger partial charge in [0.25, 0.3) is 5.91 Å². The molecule has 0 spiro atoms. The Morgan fingerprint density at radius 2 is 1.38 bits per heavy atom. The second-order valence-corrected chi connectivity index (χ2v) is 10.1. The van der Waals surface area contributed by atoms with Crippen molar-refractivity contribution in [1.82, 2.24) is 4.90 Å². The van der Waals surface area contributed by atoms with E-state index in [2.05, 4.69) is 6.58 Å². The summed E-state index contributed by atoms with van der Waals surface area (Å²) in [5, 5.41) is 0. The first-order chi connectivity index (χ1) is 18.9. The molecular weight excluding hydrogens is 534 g/mol. The summed E-state index contributed by atoms with van der Waals surface area (Å²) in [4.78, 5) is 25.6. The van der Waals surface area contributed by atoms with E-state index >= 15 is 0 Å². The molecule has 0 aliphatic carbocycles. The van der Waals surface area contributed by atoms with Crippen LogP contribution < -0.4 is 18.9 Å². The average Bonchev–Trinajstić information content (AvgIpc) is 3.23. The van der Waals surface area contributed by atoms with Crippen molar-refractivity contribution in [3.8, 4) is 23.0 Å². The maximum absolute atomic E-state index is 12.6. The normalized spacial score (nSPS) is 13.9. The molecule has 1 saturated heterocycles. The van der Waals surface area contributed by atoms with Gasteiger partial charge in [0.2, 0.25) is 0 Å². The van der Waals surface area contributed by atoms with Crippen molar-refractivity contribution in [1.29, 1.82) is 0 Å².